The number of hydrogen-bond acceptors (Lipinski definition) is 18. The molecule has 0 unspecified atom stereocenters. The normalized spacial score (nSPS) is 12.0. The van der Waals surface area contributed by atoms with E-state index in [4.69, 9.17) is 27.5 Å². The molecular formula is C77H47N11O4S3. The van der Waals surface area contributed by atoms with Crippen molar-refractivity contribution < 1.29 is 0 Å². The van der Waals surface area contributed by atoms with Crippen molar-refractivity contribution in [3.63, 3.8) is 0 Å². The van der Waals surface area contributed by atoms with Gasteiger partial charge in [0, 0.05) is 83.6 Å². The summed E-state index contributed by atoms with van der Waals surface area (Å²) in [5.74, 6) is 0.199. The molecule has 0 bridgehead atoms. The molecule has 17 aromatic rings. The van der Waals surface area contributed by atoms with E-state index in [-0.39, 0.29) is 21.9 Å². The van der Waals surface area contributed by atoms with E-state index in [2.05, 4.69) is 197 Å². The first-order chi connectivity index (χ1) is 46.4. The molecule has 4 aromatic heterocycles. The van der Waals surface area contributed by atoms with E-state index in [0.29, 0.717) is 54.9 Å². The van der Waals surface area contributed by atoms with Crippen LogP contribution in [0.5, 0.6) is 0 Å². The molecular weight excluding hydrogens is 1240 g/mol. The van der Waals surface area contributed by atoms with E-state index in [9.17, 15) is 19.2 Å². The van der Waals surface area contributed by atoms with E-state index in [1.165, 1.54) is 11.1 Å². The molecule has 13 aromatic carbocycles. The number of pyridine rings is 1. The average Bonchev–Trinajstić information content (AvgIpc) is 1.68. The van der Waals surface area contributed by atoms with Gasteiger partial charge in [0.2, 0.25) is 16.3 Å². The van der Waals surface area contributed by atoms with Crippen LogP contribution in [0.1, 0.15) is 22.3 Å². The molecule has 452 valence electrons. The lowest BCUT2D eigenvalue weighted by Crippen LogP contribution is -2.31. The molecule has 15 nitrogen and oxygen atoms in total. The maximum absolute atomic E-state index is 14.1. The fraction of sp³-hybridized carbons (Fsp3) is 0.0519. The third-order valence-corrected chi connectivity index (χ3v) is 19.3. The van der Waals surface area contributed by atoms with Gasteiger partial charge in [0.05, 0.1) is 46.6 Å². The average molecular weight is 1290 g/mol. The fourth-order valence-electron chi connectivity index (χ4n) is 12.9. The number of fused-ring (bicyclic) bond motifs is 9. The van der Waals surface area contributed by atoms with E-state index in [1.54, 1.807) is 36.5 Å². The Labute approximate surface area is 551 Å². The number of benzene rings is 11. The first kappa shape index (κ1) is 57.1. The number of aromatic nitrogens is 7. The van der Waals surface area contributed by atoms with Gasteiger partial charge in [-0.1, -0.05) is 125 Å². The predicted molar refractivity (Wildman–Crippen MR) is 385 cm³/mol. The Hall–Kier alpha value is -11.8. The van der Waals surface area contributed by atoms with Crippen LogP contribution in [0.4, 0.5) is 45.6 Å². The molecule has 4 heterocycles. The molecule has 0 aliphatic carbocycles. The summed E-state index contributed by atoms with van der Waals surface area (Å²) in [7, 11) is 0. The zero-order valence-corrected chi connectivity index (χ0v) is 53.4. The number of rotatable bonds is 11. The Balaban J connectivity index is 0.712. The van der Waals surface area contributed by atoms with Crippen molar-refractivity contribution in [2.75, 3.05) is 9.80 Å². The first-order valence-corrected chi connectivity index (χ1v) is 32.7. The Morgan fingerprint density at radius 1 is 0.326 bits per heavy atom. The Morgan fingerprint density at radius 3 is 1.42 bits per heavy atom. The maximum Gasteiger partial charge on any atom is 0.252 e. The molecule has 0 aliphatic rings. The zero-order valence-electron chi connectivity index (χ0n) is 51.0. The number of anilines is 6. The van der Waals surface area contributed by atoms with Crippen LogP contribution in [-0.2, 0) is 0 Å². The third kappa shape index (κ3) is 9.63. The van der Waals surface area contributed by atoms with Crippen LogP contribution >= 0.6 is 35.2 Å². The third-order valence-electron chi connectivity index (χ3n) is 17.8. The van der Waals surface area contributed by atoms with E-state index in [0.717, 1.165) is 135 Å². The molecule has 95 heavy (non-hydrogen) atoms. The standard InChI is InChI=1S/C77H47N11O4S3/c1-40-9-22-49(23-10-40)87(50-24-11-41(2)12-25-50)51-28-20-45(21-29-51)62-39-78-77(71-68(62)84-95-86-71)80-69-58-35-46-16-17-47(34-48(46)36-61(58)75(91)76(69)92)56-33-43(4)15-32-64(56)88(52-26-13-42(3)14-27-52)53-30-18-44(19-31-53)57-37-59-60(66-65(57)81-93-82-66)38-63(70-67(59)83-94-85-70)79-72-73(89)54-7-5-6-8-55(54)74(72)90/h5-39H,1-4H3/b80-69-. The van der Waals surface area contributed by atoms with Gasteiger partial charge in [0.15, 0.2) is 11.2 Å². The van der Waals surface area contributed by atoms with Gasteiger partial charge in [0.25, 0.3) is 5.43 Å². The largest absolute Gasteiger partial charge is 0.311 e. The number of hydrogen-bond donors (Lipinski definition) is 0. The molecule has 0 radical (unpaired) electrons. The van der Waals surface area contributed by atoms with Crippen molar-refractivity contribution in [3.05, 3.63) is 286 Å². The van der Waals surface area contributed by atoms with Gasteiger partial charge in [-0.15, -0.1) is 0 Å². The molecule has 0 N–H and O–H groups in total. The maximum atomic E-state index is 14.1. The van der Waals surface area contributed by atoms with Gasteiger partial charge < -0.3 is 9.80 Å². The van der Waals surface area contributed by atoms with Gasteiger partial charge in [-0.25, -0.2) is 15.0 Å². The minimum Gasteiger partial charge on any atom is -0.311 e. The lowest BCUT2D eigenvalue weighted by molar-refractivity contribution is 1.23. The minimum atomic E-state index is -0.714. The summed E-state index contributed by atoms with van der Waals surface area (Å²) in [4.78, 5) is 73.9. The molecule has 0 spiro atoms. The highest BCUT2D eigenvalue weighted by molar-refractivity contribution is 7.00. The number of aryl methyl sites for hydroxylation is 4. The van der Waals surface area contributed by atoms with Crippen molar-refractivity contribution in [3.8, 4) is 33.4 Å². The first-order valence-electron chi connectivity index (χ1n) is 30.5. The van der Waals surface area contributed by atoms with Crippen molar-refractivity contribution in [1.82, 2.24) is 31.2 Å². The molecule has 0 atom stereocenters. The summed E-state index contributed by atoms with van der Waals surface area (Å²) in [5, 5.41) is 4.32. The summed E-state index contributed by atoms with van der Waals surface area (Å²) in [6, 6.07) is 68.8. The topological polar surface area (TPSA) is 190 Å². The molecule has 0 fully saturated rings. The van der Waals surface area contributed by atoms with Crippen LogP contribution in [-0.4, -0.2) is 31.2 Å². The summed E-state index contributed by atoms with van der Waals surface area (Å²) >= 11 is 3.17. The van der Waals surface area contributed by atoms with Gasteiger partial charge in [-0.3, -0.25) is 19.2 Å². The van der Waals surface area contributed by atoms with Gasteiger partial charge in [-0.05, 0) is 158 Å². The molecule has 0 saturated heterocycles. The SMILES string of the molecule is Cc1ccc(N(c2ccc(C)cc2)c2ccc(-c3cnc(/N=c4\c(=O)c(=O)c5cc6cc(-c7cc(C)ccc7N(c7ccc(C)cc7)c7ccc(-c8cc9c(cc(N=c%10c(=O)c%11ccccc%11c%10=O)c%10nsnc%109)c9nsnc89)cc7)ccc6cc45)c4nsnc34)cc2)cc1. The second-order valence-corrected chi connectivity index (χ2v) is 25.4. The van der Waals surface area contributed by atoms with E-state index < -0.39 is 21.7 Å². The molecule has 0 amide bonds. The van der Waals surface area contributed by atoms with Crippen molar-refractivity contribution in [1.29, 1.82) is 0 Å². The molecule has 0 saturated carbocycles. The van der Waals surface area contributed by atoms with Crippen LogP contribution in [0.2, 0.25) is 0 Å². The summed E-state index contributed by atoms with van der Waals surface area (Å²) in [6.45, 7) is 8.30. The summed E-state index contributed by atoms with van der Waals surface area (Å²) in [5.41, 5.74) is 17.1. The highest BCUT2D eigenvalue weighted by Crippen LogP contribution is 2.45. The van der Waals surface area contributed by atoms with Crippen LogP contribution in [0.25, 0.3) is 110 Å². The van der Waals surface area contributed by atoms with E-state index >= 15 is 0 Å². The monoisotopic (exact) mass is 1290 g/mol. The van der Waals surface area contributed by atoms with E-state index in [1.807, 2.05) is 30.3 Å². The second kappa shape index (κ2) is 22.5. The molecule has 18 heteroatoms. The highest BCUT2D eigenvalue weighted by Gasteiger charge is 2.24. The smallest absolute Gasteiger partial charge is 0.252 e. The Kier molecular flexibility index (Phi) is 13.5. The lowest BCUT2D eigenvalue weighted by Gasteiger charge is -2.28. The Morgan fingerprint density at radius 2 is 0.811 bits per heavy atom. The van der Waals surface area contributed by atoms with Crippen LogP contribution < -0.4 is 42.2 Å². The minimum absolute atomic E-state index is 0.00989. The molecule has 0 aliphatic heterocycles. The van der Waals surface area contributed by atoms with Crippen molar-refractivity contribution in [2.45, 2.75) is 27.7 Å². The van der Waals surface area contributed by atoms with Gasteiger partial charge in [-0.2, -0.15) is 26.2 Å². The lowest BCUT2D eigenvalue weighted by atomic mass is 9.95. The fourth-order valence-corrected chi connectivity index (χ4v) is 14.6. The van der Waals surface area contributed by atoms with Gasteiger partial charge in [0.1, 0.15) is 38.5 Å². The quantitative estimate of drug-likeness (QED) is 0.111. The zero-order chi connectivity index (χ0) is 64.3. The van der Waals surface area contributed by atoms with Gasteiger partial charge >= 0.3 is 0 Å². The predicted octanol–water partition coefficient (Wildman–Crippen LogP) is 16.5. The molecule has 17 rings (SSSR count). The van der Waals surface area contributed by atoms with Crippen molar-refractivity contribution in [2.24, 2.45) is 9.98 Å². The summed E-state index contributed by atoms with van der Waals surface area (Å²) in [6.07, 6.45) is 1.71. The summed E-state index contributed by atoms with van der Waals surface area (Å²) < 4.78 is 28.3. The van der Waals surface area contributed by atoms with Crippen LogP contribution in [0, 0.1) is 27.7 Å². The number of nitrogens with zero attached hydrogens (tertiary/aromatic N) is 11. The van der Waals surface area contributed by atoms with Crippen molar-refractivity contribution >= 4 is 157 Å². The highest BCUT2D eigenvalue weighted by atomic mass is 32.1. The van der Waals surface area contributed by atoms with Crippen LogP contribution in [0.3, 0.4) is 0 Å². The second-order valence-electron chi connectivity index (χ2n) is 23.8. The Bertz CT molecular complexity index is 6280. The van der Waals surface area contributed by atoms with Crippen LogP contribution in [0.15, 0.2) is 242 Å².